The minimum atomic E-state index is -4.86. The molecule has 5 rings (SSSR count). The van der Waals surface area contributed by atoms with E-state index in [1.54, 1.807) is 6.92 Å². The lowest BCUT2D eigenvalue weighted by Gasteiger charge is -2.31. The number of anilines is 1. The van der Waals surface area contributed by atoms with Crippen LogP contribution < -0.4 is 9.64 Å². The number of amides is 2. The Morgan fingerprint density at radius 3 is 2.26 bits per heavy atom. The molecule has 2 aromatic rings. The number of benzene rings is 2. The van der Waals surface area contributed by atoms with E-state index >= 15 is 0 Å². The largest absolute Gasteiger partial charge is 0.493 e. The molecule has 0 spiro atoms. The second-order valence-electron chi connectivity index (χ2n) is 9.88. The van der Waals surface area contributed by atoms with Crippen LogP contribution in [0, 0.1) is 18.4 Å². The summed E-state index contributed by atoms with van der Waals surface area (Å²) < 4.78 is 90.8. The van der Waals surface area contributed by atoms with Gasteiger partial charge in [0.2, 0.25) is 11.8 Å². The highest BCUT2D eigenvalue weighted by Gasteiger charge is 2.73. The molecule has 2 aromatic carbocycles. The summed E-state index contributed by atoms with van der Waals surface area (Å²) in [5, 5.41) is 0. The summed E-state index contributed by atoms with van der Waals surface area (Å²) in [6.45, 7) is 8.67. The summed E-state index contributed by atoms with van der Waals surface area (Å²) in [5.74, 6) is -3.05. The molecule has 3 fully saturated rings. The zero-order valence-corrected chi connectivity index (χ0v) is 19.8. The molecule has 2 unspecified atom stereocenters. The van der Waals surface area contributed by atoms with Crippen molar-refractivity contribution in [3.63, 3.8) is 0 Å². The van der Waals surface area contributed by atoms with Gasteiger partial charge >= 0.3 is 12.4 Å². The van der Waals surface area contributed by atoms with Gasteiger partial charge in [-0.2, -0.15) is 26.3 Å². The van der Waals surface area contributed by atoms with E-state index < -0.39 is 64.0 Å². The Balaban J connectivity index is 1.39. The number of carbonyl (C=O) groups is 2. The van der Waals surface area contributed by atoms with Gasteiger partial charge in [-0.3, -0.25) is 9.59 Å². The zero-order chi connectivity index (χ0) is 27.7. The van der Waals surface area contributed by atoms with Crippen LogP contribution in [0.3, 0.4) is 0 Å². The Kier molecular flexibility index (Phi) is 5.80. The summed E-state index contributed by atoms with van der Waals surface area (Å²) in [6, 6.07) is 6.83. The second kappa shape index (κ2) is 8.46. The van der Waals surface area contributed by atoms with Crippen LogP contribution >= 0.6 is 0 Å². The molecule has 0 radical (unpaired) electrons. The van der Waals surface area contributed by atoms with Crippen molar-refractivity contribution in [3.8, 4) is 5.75 Å². The molecule has 6 nitrogen and oxygen atoms in total. The molecule has 4 atom stereocenters. The molecule has 2 amide bonds. The topological polar surface area (TPSA) is 60.2 Å². The molecule has 0 saturated carbocycles. The van der Waals surface area contributed by atoms with Gasteiger partial charge in [-0.25, -0.2) is 9.74 Å². The molecule has 2 bridgehead atoms. The molecule has 3 heterocycles. The lowest BCUT2D eigenvalue weighted by molar-refractivity contribution is -0.138. The van der Waals surface area contributed by atoms with E-state index in [0.29, 0.717) is 18.9 Å². The van der Waals surface area contributed by atoms with E-state index in [-0.39, 0.29) is 24.5 Å². The number of halogens is 6. The van der Waals surface area contributed by atoms with Crippen molar-refractivity contribution in [3.05, 3.63) is 65.0 Å². The van der Waals surface area contributed by atoms with E-state index in [4.69, 9.17) is 16.0 Å². The summed E-state index contributed by atoms with van der Waals surface area (Å²) >= 11 is 0. The van der Waals surface area contributed by atoms with E-state index in [1.165, 1.54) is 12.1 Å². The fraction of sp³-hybridized carbons (Fsp3) is 0.423. The number of hydrogen-bond acceptors (Lipinski definition) is 4. The van der Waals surface area contributed by atoms with E-state index in [0.717, 1.165) is 29.2 Å². The van der Waals surface area contributed by atoms with Crippen LogP contribution in [-0.2, 0) is 26.7 Å². The molecule has 38 heavy (non-hydrogen) atoms. The molecular weight excluding hydrogens is 518 g/mol. The maximum atomic E-state index is 13.6. The number of ether oxygens (including phenoxy) is 2. The van der Waals surface area contributed by atoms with Crippen LogP contribution in [0.1, 0.15) is 37.3 Å². The monoisotopic (exact) mass is 538 g/mol. The van der Waals surface area contributed by atoms with Crippen molar-refractivity contribution >= 4 is 23.2 Å². The first kappa shape index (κ1) is 26.0. The Bertz CT molecular complexity index is 1350. The number of hydrogen-bond donors (Lipinski definition) is 0. The number of nitrogens with zero attached hydrogens (tertiary/aromatic N) is 2. The quantitative estimate of drug-likeness (QED) is 0.260. The minimum absolute atomic E-state index is 0.0238. The van der Waals surface area contributed by atoms with Crippen LogP contribution in [0.4, 0.5) is 37.7 Å². The molecule has 0 N–H and O–H groups in total. The van der Waals surface area contributed by atoms with Crippen molar-refractivity contribution < 1.29 is 45.4 Å². The number of alkyl halides is 6. The van der Waals surface area contributed by atoms with Gasteiger partial charge < -0.3 is 9.47 Å². The van der Waals surface area contributed by atoms with Gasteiger partial charge in [0.1, 0.15) is 5.75 Å². The third-order valence-corrected chi connectivity index (χ3v) is 7.65. The van der Waals surface area contributed by atoms with E-state index in [9.17, 15) is 35.9 Å². The van der Waals surface area contributed by atoms with Crippen molar-refractivity contribution in [1.82, 2.24) is 0 Å². The van der Waals surface area contributed by atoms with Gasteiger partial charge in [0.15, 0.2) is 5.69 Å². The van der Waals surface area contributed by atoms with E-state index in [2.05, 4.69) is 4.85 Å². The van der Waals surface area contributed by atoms with Crippen molar-refractivity contribution in [2.45, 2.75) is 49.7 Å². The first-order valence-corrected chi connectivity index (χ1v) is 11.7. The van der Waals surface area contributed by atoms with Gasteiger partial charge in [-0.1, -0.05) is 6.07 Å². The van der Waals surface area contributed by atoms with Crippen LogP contribution in [0.5, 0.6) is 5.75 Å². The molecule has 12 heteroatoms. The van der Waals surface area contributed by atoms with Gasteiger partial charge in [-0.15, -0.1) is 0 Å². The summed E-state index contributed by atoms with van der Waals surface area (Å²) in [4.78, 5) is 30.6. The first-order valence-electron chi connectivity index (χ1n) is 11.7. The molecular formula is C26H20F6N2O4. The normalized spacial score (nSPS) is 28.5. The molecule has 3 aliphatic heterocycles. The fourth-order valence-electron chi connectivity index (χ4n) is 5.93. The van der Waals surface area contributed by atoms with E-state index in [1.807, 2.05) is 0 Å². The SMILES string of the molecule is [C-]#[N+]c1ccc(N2C(=O)[C@@H]3[C@H](C2=O)C2(CCOc4ccc(C(F)(F)F)cc4)CCC3(C)O2)cc1C(F)(F)F. The average molecular weight is 538 g/mol. The number of rotatable bonds is 5. The summed E-state index contributed by atoms with van der Waals surface area (Å²) in [7, 11) is 0. The molecule has 0 aromatic heterocycles. The maximum Gasteiger partial charge on any atom is 0.416 e. The number of fused-ring (bicyclic) bond motifs is 5. The first-order chi connectivity index (χ1) is 17.7. The predicted molar refractivity (Wildman–Crippen MR) is 120 cm³/mol. The zero-order valence-electron chi connectivity index (χ0n) is 19.8. The second-order valence-corrected chi connectivity index (χ2v) is 9.88. The van der Waals surface area contributed by atoms with Crippen LogP contribution in [0.15, 0.2) is 42.5 Å². The van der Waals surface area contributed by atoms with Crippen LogP contribution in [0.2, 0.25) is 0 Å². The van der Waals surface area contributed by atoms with Crippen LogP contribution in [-0.4, -0.2) is 29.6 Å². The maximum absolute atomic E-state index is 13.6. The third-order valence-electron chi connectivity index (χ3n) is 7.65. The van der Waals surface area contributed by atoms with Gasteiger partial charge in [0.25, 0.3) is 0 Å². The Morgan fingerprint density at radius 2 is 1.66 bits per heavy atom. The molecule has 200 valence electrons. The van der Waals surface area contributed by atoms with Crippen molar-refractivity contribution in [2.24, 2.45) is 11.8 Å². The van der Waals surface area contributed by atoms with Crippen molar-refractivity contribution in [1.29, 1.82) is 0 Å². The van der Waals surface area contributed by atoms with Gasteiger partial charge in [0, 0.05) is 12.1 Å². The predicted octanol–water partition coefficient (Wildman–Crippen LogP) is 6.17. The minimum Gasteiger partial charge on any atom is -0.493 e. The summed E-state index contributed by atoms with van der Waals surface area (Å²) in [5.41, 5.74) is -5.11. The Labute approximate surface area is 212 Å². The highest BCUT2D eigenvalue weighted by molar-refractivity contribution is 6.23. The number of carbonyl (C=O) groups excluding carboxylic acids is 2. The van der Waals surface area contributed by atoms with Gasteiger partial charge in [-0.05, 0) is 56.2 Å². The van der Waals surface area contributed by atoms with Gasteiger partial charge in [0.05, 0.1) is 47.3 Å². The summed E-state index contributed by atoms with van der Waals surface area (Å²) in [6.07, 6.45) is -8.37. The lowest BCUT2D eigenvalue weighted by Crippen LogP contribution is -2.43. The Hall–Kier alpha value is -3.59. The molecule has 0 aliphatic carbocycles. The van der Waals surface area contributed by atoms with Crippen molar-refractivity contribution in [2.75, 3.05) is 11.5 Å². The fourth-order valence-corrected chi connectivity index (χ4v) is 5.93. The standard InChI is InChI=1S/C26H20F6N2O4/c1-23-9-10-24(38-23,11-12-37-16-6-3-14(4-7-16)25(27,28)29)20-19(23)21(35)34(22(20)36)15-5-8-18(33-2)17(13-15)26(30,31)32/h3-8,13,19-20H,9-12H2,1H3/t19-,20+,23?,24?/m0/s1. The average Bonchev–Trinajstić information content (AvgIpc) is 3.42. The highest BCUT2D eigenvalue weighted by Crippen LogP contribution is 2.62. The number of imide groups is 1. The molecule has 3 aliphatic rings. The third kappa shape index (κ3) is 4.00. The van der Waals surface area contributed by atoms with Crippen LogP contribution in [0.25, 0.3) is 4.85 Å². The lowest BCUT2D eigenvalue weighted by atomic mass is 9.67. The highest BCUT2D eigenvalue weighted by atomic mass is 19.4. The smallest absolute Gasteiger partial charge is 0.416 e. The Morgan fingerprint density at radius 1 is 1.00 bits per heavy atom. The molecule has 3 saturated heterocycles.